The predicted molar refractivity (Wildman–Crippen MR) is 120 cm³/mol. The van der Waals surface area contributed by atoms with Crippen LogP contribution in [-0.2, 0) is 10.0 Å². The molecular formula is C23H24ClNO4S. The van der Waals surface area contributed by atoms with Crippen molar-refractivity contribution in [1.82, 2.24) is 0 Å². The molecule has 0 unspecified atom stereocenters. The highest BCUT2D eigenvalue weighted by Crippen LogP contribution is 2.38. The lowest BCUT2D eigenvalue weighted by atomic mass is 10.1. The summed E-state index contributed by atoms with van der Waals surface area (Å²) in [7, 11) is -0.772. The van der Waals surface area contributed by atoms with Crippen molar-refractivity contribution in [3.05, 3.63) is 82.9 Å². The molecule has 0 amide bonds. The number of methoxy groups -OCH3 is 2. The zero-order valence-corrected chi connectivity index (χ0v) is 18.9. The van der Waals surface area contributed by atoms with Crippen LogP contribution in [0.2, 0.25) is 5.02 Å². The lowest BCUT2D eigenvalue weighted by Gasteiger charge is -2.32. The average Bonchev–Trinajstić information content (AvgIpc) is 2.74. The molecule has 0 bridgehead atoms. The Labute approximate surface area is 182 Å². The van der Waals surface area contributed by atoms with Crippen LogP contribution in [0.3, 0.4) is 0 Å². The smallest absolute Gasteiger partial charge is 0.264 e. The summed E-state index contributed by atoms with van der Waals surface area (Å²) < 4.78 is 39.7. The first-order chi connectivity index (χ1) is 14.3. The summed E-state index contributed by atoms with van der Waals surface area (Å²) in [5.41, 5.74) is 2.28. The summed E-state index contributed by atoms with van der Waals surface area (Å²) in [6.45, 7) is 3.78. The maximum Gasteiger partial charge on any atom is 0.264 e. The molecule has 0 N–H and O–H groups in total. The Hall–Kier alpha value is -2.70. The minimum Gasteiger partial charge on any atom is -0.497 e. The Kier molecular flexibility index (Phi) is 6.58. The molecule has 0 aliphatic rings. The molecule has 0 aromatic heterocycles. The van der Waals surface area contributed by atoms with E-state index in [0.29, 0.717) is 27.8 Å². The standard InChI is InChI=1S/C23H24ClNO4S/c1-16-5-9-19(10-6-16)25(30(26,27)21-12-7-18(24)8-13-21)17(2)22-15-20(28-3)11-14-23(22)29-4/h5-15,17H,1-4H3/t17-/m1/s1. The normalized spacial score (nSPS) is 12.3. The van der Waals surface area contributed by atoms with E-state index in [-0.39, 0.29) is 4.90 Å². The van der Waals surface area contributed by atoms with Crippen LogP contribution in [0, 0.1) is 6.92 Å². The van der Waals surface area contributed by atoms with E-state index in [1.165, 1.54) is 16.4 Å². The van der Waals surface area contributed by atoms with Gasteiger partial charge in [0.25, 0.3) is 10.0 Å². The third-order valence-electron chi connectivity index (χ3n) is 4.90. The van der Waals surface area contributed by atoms with E-state index >= 15 is 0 Å². The largest absolute Gasteiger partial charge is 0.497 e. The molecule has 0 fully saturated rings. The molecule has 0 saturated carbocycles. The van der Waals surface area contributed by atoms with Gasteiger partial charge in [-0.15, -0.1) is 0 Å². The SMILES string of the molecule is COc1ccc(OC)c([C@@H](C)N(c2ccc(C)cc2)S(=O)(=O)c2ccc(Cl)cc2)c1. The molecule has 5 nitrogen and oxygen atoms in total. The highest BCUT2D eigenvalue weighted by atomic mass is 35.5. The van der Waals surface area contributed by atoms with Gasteiger partial charge in [0.1, 0.15) is 11.5 Å². The number of hydrogen-bond donors (Lipinski definition) is 0. The molecule has 0 radical (unpaired) electrons. The zero-order valence-electron chi connectivity index (χ0n) is 17.3. The number of halogens is 1. The number of ether oxygens (including phenoxy) is 2. The molecule has 158 valence electrons. The maximum atomic E-state index is 13.7. The van der Waals surface area contributed by atoms with Crippen LogP contribution in [0.1, 0.15) is 24.1 Å². The quantitative estimate of drug-likeness (QED) is 0.473. The summed E-state index contributed by atoms with van der Waals surface area (Å²) >= 11 is 5.97. The van der Waals surface area contributed by atoms with Crippen molar-refractivity contribution in [3.8, 4) is 11.5 Å². The predicted octanol–water partition coefficient (Wildman–Crippen LogP) is 5.62. The van der Waals surface area contributed by atoms with Gasteiger partial charge in [0.05, 0.1) is 30.8 Å². The Morgan fingerprint density at radius 3 is 2.10 bits per heavy atom. The molecule has 30 heavy (non-hydrogen) atoms. The van der Waals surface area contributed by atoms with Gasteiger partial charge in [-0.3, -0.25) is 4.31 Å². The average molecular weight is 446 g/mol. The van der Waals surface area contributed by atoms with Crippen LogP contribution >= 0.6 is 11.6 Å². The van der Waals surface area contributed by atoms with Crippen molar-refractivity contribution in [2.45, 2.75) is 24.8 Å². The number of anilines is 1. The second-order valence-corrected chi connectivity index (χ2v) is 9.13. The van der Waals surface area contributed by atoms with Gasteiger partial charge in [-0.1, -0.05) is 29.3 Å². The second kappa shape index (κ2) is 8.98. The van der Waals surface area contributed by atoms with E-state index < -0.39 is 16.1 Å². The van der Waals surface area contributed by atoms with E-state index in [2.05, 4.69) is 0 Å². The zero-order chi connectivity index (χ0) is 21.9. The third kappa shape index (κ3) is 4.40. The number of hydrogen-bond acceptors (Lipinski definition) is 4. The van der Waals surface area contributed by atoms with E-state index in [1.54, 1.807) is 56.7 Å². The van der Waals surface area contributed by atoms with Crippen molar-refractivity contribution < 1.29 is 17.9 Å². The molecule has 3 aromatic rings. The van der Waals surface area contributed by atoms with Gasteiger partial charge in [0, 0.05) is 10.6 Å². The van der Waals surface area contributed by atoms with Crippen LogP contribution in [0.15, 0.2) is 71.6 Å². The Bertz CT molecular complexity index is 1110. The molecule has 0 saturated heterocycles. The molecular weight excluding hydrogens is 422 g/mol. The molecule has 0 aliphatic carbocycles. The first-order valence-corrected chi connectivity index (χ1v) is 11.2. The molecule has 3 aromatic carbocycles. The maximum absolute atomic E-state index is 13.7. The minimum atomic E-state index is -3.90. The van der Waals surface area contributed by atoms with Gasteiger partial charge in [-0.2, -0.15) is 0 Å². The first kappa shape index (κ1) is 22.0. The second-order valence-electron chi connectivity index (χ2n) is 6.87. The molecule has 7 heteroatoms. The van der Waals surface area contributed by atoms with Gasteiger partial charge >= 0.3 is 0 Å². The fourth-order valence-corrected chi connectivity index (χ4v) is 5.04. The summed E-state index contributed by atoms with van der Waals surface area (Å²) in [5, 5.41) is 0.471. The van der Waals surface area contributed by atoms with Crippen molar-refractivity contribution in [2.24, 2.45) is 0 Å². The van der Waals surface area contributed by atoms with Crippen LogP contribution in [-0.4, -0.2) is 22.6 Å². The van der Waals surface area contributed by atoms with Gasteiger partial charge in [-0.05, 0) is 68.4 Å². The molecule has 0 heterocycles. The number of rotatable bonds is 7. The summed E-state index contributed by atoms with van der Waals surface area (Å²) in [6, 6.07) is 18.3. The van der Waals surface area contributed by atoms with E-state index in [4.69, 9.17) is 21.1 Å². The lowest BCUT2D eigenvalue weighted by Crippen LogP contribution is -2.34. The minimum absolute atomic E-state index is 0.154. The van der Waals surface area contributed by atoms with Gasteiger partial charge in [0.15, 0.2) is 0 Å². The van der Waals surface area contributed by atoms with Gasteiger partial charge in [-0.25, -0.2) is 8.42 Å². The van der Waals surface area contributed by atoms with E-state index in [0.717, 1.165) is 5.56 Å². The highest BCUT2D eigenvalue weighted by molar-refractivity contribution is 7.92. The van der Waals surface area contributed by atoms with E-state index in [1.807, 2.05) is 26.0 Å². The van der Waals surface area contributed by atoms with Crippen molar-refractivity contribution in [2.75, 3.05) is 18.5 Å². The number of nitrogens with zero attached hydrogens (tertiary/aromatic N) is 1. The fraction of sp³-hybridized carbons (Fsp3) is 0.217. The summed E-state index contributed by atoms with van der Waals surface area (Å²) in [5.74, 6) is 1.19. The van der Waals surface area contributed by atoms with Crippen LogP contribution < -0.4 is 13.8 Å². The van der Waals surface area contributed by atoms with Gasteiger partial charge < -0.3 is 9.47 Å². The monoisotopic (exact) mass is 445 g/mol. The molecule has 3 rings (SSSR count). The van der Waals surface area contributed by atoms with Crippen molar-refractivity contribution >= 4 is 27.3 Å². The fourth-order valence-electron chi connectivity index (χ4n) is 3.27. The number of benzene rings is 3. The van der Waals surface area contributed by atoms with E-state index in [9.17, 15) is 8.42 Å². The van der Waals surface area contributed by atoms with Gasteiger partial charge in [0.2, 0.25) is 0 Å². The number of aryl methyl sites for hydroxylation is 1. The molecule has 0 spiro atoms. The lowest BCUT2D eigenvalue weighted by molar-refractivity contribution is 0.396. The molecule has 0 aliphatic heterocycles. The topological polar surface area (TPSA) is 55.8 Å². The van der Waals surface area contributed by atoms with Crippen LogP contribution in [0.25, 0.3) is 0 Å². The number of sulfonamides is 1. The summed E-state index contributed by atoms with van der Waals surface area (Å²) in [6.07, 6.45) is 0. The first-order valence-electron chi connectivity index (χ1n) is 9.36. The third-order valence-corrected chi connectivity index (χ3v) is 7.06. The van der Waals surface area contributed by atoms with Crippen molar-refractivity contribution in [1.29, 1.82) is 0 Å². The van der Waals surface area contributed by atoms with Crippen molar-refractivity contribution in [3.63, 3.8) is 0 Å². The summed E-state index contributed by atoms with van der Waals surface area (Å²) in [4.78, 5) is 0.154. The Morgan fingerprint density at radius 1 is 0.900 bits per heavy atom. The van der Waals surface area contributed by atoms with Crippen LogP contribution in [0.4, 0.5) is 5.69 Å². The van der Waals surface area contributed by atoms with Crippen LogP contribution in [0.5, 0.6) is 11.5 Å². The Balaban J connectivity index is 2.20. The Morgan fingerprint density at radius 2 is 1.53 bits per heavy atom. The molecule has 1 atom stereocenters. The highest BCUT2D eigenvalue weighted by Gasteiger charge is 2.32.